The molecular weight excluding hydrogens is 298 g/mol. The van der Waals surface area contributed by atoms with Crippen LogP contribution < -0.4 is 5.32 Å². The van der Waals surface area contributed by atoms with Crippen LogP contribution in [-0.4, -0.2) is 34.0 Å². The molecule has 1 aromatic rings. The molecule has 2 N–H and O–H groups in total. The van der Waals surface area contributed by atoms with Gasteiger partial charge >= 0.3 is 0 Å². The monoisotopic (exact) mass is 325 g/mol. The van der Waals surface area contributed by atoms with Gasteiger partial charge < -0.3 is 10.4 Å². The Morgan fingerprint density at radius 1 is 1.19 bits per heavy atom. The van der Waals surface area contributed by atoms with Crippen LogP contribution in [0, 0.1) is 0 Å². The van der Waals surface area contributed by atoms with Gasteiger partial charge in [-0.05, 0) is 49.0 Å². The summed E-state index contributed by atoms with van der Waals surface area (Å²) in [5.74, 6) is 2.15. The fourth-order valence-corrected chi connectivity index (χ4v) is 4.59. The predicted octanol–water partition coefficient (Wildman–Crippen LogP) is 4.10. The van der Waals surface area contributed by atoms with Gasteiger partial charge in [-0.1, -0.05) is 26.0 Å². The Balaban J connectivity index is 1.86. The minimum atomic E-state index is -0.507. The normalized spacial score (nSPS) is 19.7. The van der Waals surface area contributed by atoms with E-state index in [0.29, 0.717) is 11.8 Å². The van der Waals surface area contributed by atoms with Crippen LogP contribution in [0.2, 0.25) is 0 Å². The zero-order chi connectivity index (χ0) is 15.3. The first kappa shape index (κ1) is 17.2. The van der Waals surface area contributed by atoms with Gasteiger partial charge in [-0.2, -0.15) is 11.8 Å². The van der Waals surface area contributed by atoms with Crippen molar-refractivity contribution in [3.8, 4) is 0 Å². The van der Waals surface area contributed by atoms with E-state index in [9.17, 15) is 5.11 Å². The second-order valence-corrected chi connectivity index (χ2v) is 9.05. The molecule has 1 heterocycles. The van der Waals surface area contributed by atoms with Gasteiger partial charge in [0.25, 0.3) is 0 Å². The van der Waals surface area contributed by atoms with Gasteiger partial charge in [-0.3, -0.25) is 0 Å². The summed E-state index contributed by atoms with van der Waals surface area (Å²) in [5, 5.41) is 14.6. The zero-order valence-electron chi connectivity index (χ0n) is 13.3. The summed E-state index contributed by atoms with van der Waals surface area (Å²) in [5.41, 5.74) is 0.782. The van der Waals surface area contributed by atoms with Gasteiger partial charge in [-0.15, -0.1) is 11.8 Å². The first-order chi connectivity index (χ1) is 9.98. The van der Waals surface area contributed by atoms with Gasteiger partial charge in [0.1, 0.15) is 0 Å². The number of aliphatic hydroxyl groups is 1. The molecule has 1 saturated heterocycles. The lowest BCUT2D eigenvalue weighted by Crippen LogP contribution is -2.44. The largest absolute Gasteiger partial charge is 0.389 e. The fraction of sp³-hybridized carbons (Fsp3) is 0.647. The number of thioether (sulfide) groups is 2. The van der Waals surface area contributed by atoms with Crippen molar-refractivity contribution in [2.75, 3.05) is 18.1 Å². The highest BCUT2D eigenvalue weighted by molar-refractivity contribution is 8.00. The van der Waals surface area contributed by atoms with E-state index in [1.807, 2.05) is 23.5 Å². The van der Waals surface area contributed by atoms with Gasteiger partial charge in [-0.25, -0.2) is 0 Å². The van der Waals surface area contributed by atoms with E-state index >= 15 is 0 Å². The molecule has 118 valence electrons. The molecule has 1 aliphatic rings. The molecule has 1 aromatic carbocycles. The minimum absolute atomic E-state index is 0.279. The molecule has 1 aliphatic heterocycles. The molecule has 0 aromatic heterocycles. The van der Waals surface area contributed by atoms with Crippen LogP contribution in [0.1, 0.15) is 45.2 Å². The average Bonchev–Trinajstić information content (AvgIpc) is 2.46. The SMILES string of the molecule is CC(C)Sc1ccc(C(C)NCC2(O)CCSCC2)cc1. The molecule has 0 aliphatic carbocycles. The van der Waals surface area contributed by atoms with E-state index in [1.54, 1.807) is 0 Å². The van der Waals surface area contributed by atoms with Crippen molar-refractivity contribution in [3.05, 3.63) is 29.8 Å². The molecule has 1 unspecified atom stereocenters. The molecule has 4 heteroatoms. The van der Waals surface area contributed by atoms with Crippen molar-refractivity contribution >= 4 is 23.5 Å². The Morgan fingerprint density at radius 3 is 2.38 bits per heavy atom. The maximum Gasteiger partial charge on any atom is 0.0787 e. The van der Waals surface area contributed by atoms with Crippen molar-refractivity contribution in [2.24, 2.45) is 0 Å². The fourth-order valence-electron chi connectivity index (χ4n) is 2.50. The summed E-state index contributed by atoms with van der Waals surface area (Å²) in [6.45, 7) is 7.29. The summed E-state index contributed by atoms with van der Waals surface area (Å²) in [4.78, 5) is 1.32. The number of hydrogen-bond donors (Lipinski definition) is 2. The highest BCUT2D eigenvalue weighted by Crippen LogP contribution is 2.28. The summed E-state index contributed by atoms with van der Waals surface area (Å²) in [6, 6.07) is 9.07. The second kappa shape index (κ2) is 7.91. The molecule has 21 heavy (non-hydrogen) atoms. The molecule has 0 amide bonds. The molecule has 0 spiro atoms. The molecule has 1 fully saturated rings. The van der Waals surface area contributed by atoms with E-state index in [-0.39, 0.29) is 6.04 Å². The van der Waals surface area contributed by atoms with Crippen LogP contribution in [0.15, 0.2) is 29.2 Å². The van der Waals surface area contributed by atoms with Gasteiger partial charge in [0, 0.05) is 22.7 Å². The predicted molar refractivity (Wildman–Crippen MR) is 95.4 cm³/mol. The summed E-state index contributed by atoms with van der Waals surface area (Å²) in [7, 11) is 0. The van der Waals surface area contributed by atoms with E-state index in [0.717, 1.165) is 24.3 Å². The Labute approximate surface area is 137 Å². The molecular formula is C17H27NOS2. The first-order valence-electron chi connectivity index (χ1n) is 7.79. The van der Waals surface area contributed by atoms with E-state index in [4.69, 9.17) is 0 Å². The van der Waals surface area contributed by atoms with Crippen LogP contribution in [0.4, 0.5) is 0 Å². The molecule has 0 bridgehead atoms. The van der Waals surface area contributed by atoms with E-state index < -0.39 is 5.60 Å². The van der Waals surface area contributed by atoms with Crippen molar-refractivity contribution in [2.45, 2.75) is 55.4 Å². The van der Waals surface area contributed by atoms with Crippen LogP contribution in [0.25, 0.3) is 0 Å². The van der Waals surface area contributed by atoms with Gasteiger partial charge in [0.05, 0.1) is 5.60 Å². The van der Waals surface area contributed by atoms with Crippen molar-refractivity contribution < 1.29 is 5.11 Å². The summed E-state index contributed by atoms with van der Waals surface area (Å²) >= 11 is 3.84. The van der Waals surface area contributed by atoms with Crippen LogP contribution >= 0.6 is 23.5 Å². The standard InChI is InChI=1S/C17H27NOS2/c1-13(2)21-16-6-4-15(5-7-16)14(3)18-12-17(19)8-10-20-11-9-17/h4-7,13-14,18-19H,8-12H2,1-3H3. The molecule has 2 rings (SSSR count). The van der Waals surface area contributed by atoms with E-state index in [1.165, 1.54) is 10.5 Å². The smallest absolute Gasteiger partial charge is 0.0787 e. The third-order valence-electron chi connectivity index (χ3n) is 3.91. The zero-order valence-corrected chi connectivity index (χ0v) is 14.9. The Hall–Kier alpha value is -0.160. The lowest BCUT2D eigenvalue weighted by Gasteiger charge is -2.33. The molecule has 2 nitrogen and oxygen atoms in total. The number of rotatable bonds is 6. The second-order valence-electron chi connectivity index (χ2n) is 6.17. The highest BCUT2D eigenvalue weighted by Gasteiger charge is 2.29. The Kier molecular flexibility index (Phi) is 6.48. The van der Waals surface area contributed by atoms with Crippen molar-refractivity contribution in [1.29, 1.82) is 0 Å². The van der Waals surface area contributed by atoms with Crippen LogP contribution in [0.3, 0.4) is 0 Å². The Morgan fingerprint density at radius 2 is 1.81 bits per heavy atom. The topological polar surface area (TPSA) is 32.3 Å². The summed E-state index contributed by atoms with van der Waals surface area (Å²) < 4.78 is 0. The summed E-state index contributed by atoms with van der Waals surface area (Å²) in [6.07, 6.45) is 1.81. The third-order valence-corrected chi connectivity index (χ3v) is 5.91. The first-order valence-corrected chi connectivity index (χ1v) is 9.82. The van der Waals surface area contributed by atoms with Gasteiger partial charge in [0.15, 0.2) is 0 Å². The lowest BCUT2D eigenvalue weighted by atomic mass is 9.96. The van der Waals surface area contributed by atoms with Crippen LogP contribution in [-0.2, 0) is 0 Å². The lowest BCUT2D eigenvalue weighted by molar-refractivity contribution is 0.0300. The quantitative estimate of drug-likeness (QED) is 0.772. The third kappa shape index (κ3) is 5.51. The molecule has 0 saturated carbocycles. The van der Waals surface area contributed by atoms with Gasteiger partial charge in [0.2, 0.25) is 0 Å². The Bertz CT molecular complexity index is 427. The number of benzene rings is 1. The highest BCUT2D eigenvalue weighted by atomic mass is 32.2. The van der Waals surface area contributed by atoms with Crippen molar-refractivity contribution in [3.63, 3.8) is 0 Å². The van der Waals surface area contributed by atoms with Crippen LogP contribution in [0.5, 0.6) is 0 Å². The number of hydrogen-bond acceptors (Lipinski definition) is 4. The maximum atomic E-state index is 10.5. The van der Waals surface area contributed by atoms with E-state index in [2.05, 4.69) is 50.4 Å². The molecule has 1 atom stereocenters. The molecule has 0 radical (unpaired) electrons. The minimum Gasteiger partial charge on any atom is -0.389 e. The average molecular weight is 326 g/mol. The maximum absolute atomic E-state index is 10.5. The number of nitrogens with one attached hydrogen (secondary N) is 1. The van der Waals surface area contributed by atoms with Crippen molar-refractivity contribution in [1.82, 2.24) is 5.32 Å².